The molecule has 0 atom stereocenters. The molecule has 7 heteroatoms. The van der Waals surface area contributed by atoms with Crippen molar-refractivity contribution in [2.24, 2.45) is 0 Å². The molecule has 0 aliphatic heterocycles. The molecule has 134 valence electrons. The van der Waals surface area contributed by atoms with Crippen LogP contribution in [0.3, 0.4) is 0 Å². The highest BCUT2D eigenvalue weighted by Crippen LogP contribution is 2.26. The smallest absolute Gasteiger partial charge is 0.346 e. The van der Waals surface area contributed by atoms with E-state index in [2.05, 4.69) is 10.3 Å². The molecule has 27 heavy (non-hydrogen) atoms. The summed E-state index contributed by atoms with van der Waals surface area (Å²) >= 11 is 12.0. The monoisotopic (exact) mass is 398 g/mol. The quantitative estimate of drug-likeness (QED) is 0.371. The Morgan fingerprint density at radius 3 is 2.70 bits per heavy atom. The Bertz CT molecular complexity index is 1280. The minimum absolute atomic E-state index is 0.237. The van der Waals surface area contributed by atoms with Gasteiger partial charge in [-0.1, -0.05) is 35.3 Å². The Hall–Kier alpha value is -2.89. The highest BCUT2D eigenvalue weighted by atomic mass is 35.5. The predicted molar refractivity (Wildman–Crippen MR) is 107 cm³/mol. The first-order valence-electron chi connectivity index (χ1n) is 8.03. The maximum atomic E-state index is 12.6. The molecule has 2 heterocycles. The Labute approximate surface area is 163 Å². The predicted octanol–water partition coefficient (Wildman–Crippen LogP) is 5.21. The number of halogens is 2. The number of benzene rings is 2. The molecule has 0 aliphatic rings. The summed E-state index contributed by atoms with van der Waals surface area (Å²) < 4.78 is 5.36. The molecule has 1 amide bonds. The first-order chi connectivity index (χ1) is 12.9. The van der Waals surface area contributed by atoms with Crippen LogP contribution in [-0.4, -0.2) is 10.9 Å². The Morgan fingerprint density at radius 2 is 1.89 bits per heavy atom. The van der Waals surface area contributed by atoms with Crippen LogP contribution >= 0.6 is 23.2 Å². The van der Waals surface area contributed by atoms with Crippen LogP contribution in [0.25, 0.3) is 21.9 Å². The van der Waals surface area contributed by atoms with Gasteiger partial charge in [0.15, 0.2) is 0 Å². The second-order valence-electron chi connectivity index (χ2n) is 6.01. The van der Waals surface area contributed by atoms with Crippen molar-refractivity contribution in [2.75, 3.05) is 5.32 Å². The normalized spacial score (nSPS) is 11.1. The molecule has 0 radical (unpaired) electrons. The van der Waals surface area contributed by atoms with Crippen LogP contribution in [0, 0.1) is 6.92 Å². The first kappa shape index (κ1) is 17.5. The summed E-state index contributed by atoms with van der Waals surface area (Å²) in [6.45, 7) is 1.76. The van der Waals surface area contributed by atoms with E-state index < -0.39 is 11.5 Å². The van der Waals surface area contributed by atoms with Gasteiger partial charge in [-0.05, 0) is 48.9 Å². The number of hydrogen-bond acceptors (Lipinski definition) is 4. The van der Waals surface area contributed by atoms with Gasteiger partial charge < -0.3 is 9.73 Å². The molecule has 5 nitrogen and oxygen atoms in total. The lowest BCUT2D eigenvalue weighted by Gasteiger charge is -2.10. The molecule has 2 aromatic heterocycles. The van der Waals surface area contributed by atoms with Crippen LogP contribution in [0.5, 0.6) is 0 Å². The minimum atomic E-state index is -0.468. The van der Waals surface area contributed by atoms with Gasteiger partial charge >= 0.3 is 5.63 Å². The maximum absolute atomic E-state index is 12.6. The van der Waals surface area contributed by atoms with Crippen molar-refractivity contribution in [3.8, 4) is 0 Å². The minimum Gasteiger partial charge on any atom is -0.422 e. The van der Waals surface area contributed by atoms with Crippen molar-refractivity contribution in [1.29, 1.82) is 0 Å². The van der Waals surface area contributed by atoms with Gasteiger partial charge in [-0.2, -0.15) is 0 Å². The molecular weight excluding hydrogens is 387 g/mol. The molecule has 4 rings (SSSR count). The number of carbonyl (C=O) groups is 1. The van der Waals surface area contributed by atoms with Gasteiger partial charge in [-0.3, -0.25) is 4.79 Å². The van der Waals surface area contributed by atoms with E-state index in [1.54, 1.807) is 37.3 Å². The number of para-hydroxylation sites is 1. The van der Waals surface area contributed by atoms with Crippen molar-refractivity contribution in [3.63, 3.8) is 0 Å². The van der Waals surface area contributed by atoms with Crippen molar-refractivity contribution < 1.29 is 9.21 Å². The summed E-state index contributed by atoms with van der Waals surface area (Å²) in [7, 11) is 0. The highest BCUT2D eigenvalue weighted by molar-refractivity contribution is 6.36. The molecule has 4 aromatic rings. The van der Waals surface area contributed by atoms with Gasteiger partial charge in [0, 0.05) is 10.4 Å². The zero-order valence-electron chi connectivity index (χ0n) is 14.0. The van der Waals surface area contributed by atoms with Gasteiger partial charge in [0.2, 0.25) is 0 Å². The summed E-state index contributed by atoms with van der Waals surface area (Å²) in [5.74, 6) is -0.141. The molecule has 1 N–H and O–H groups in total. The van der Waals surface area contributed by atoms with E-state index in [0.29, 0.717) is 38.3 Å². The van der Waals surface area contributed by atoms with Crippen LogP contribution in [0.2, 0.25) is 10.0 Å². The molecule has 0 spiro atoms. The SMILES string of the molecule is Cc1cc(NC(=O)c2cc(Cl)ccc2Cl)nc2c1c(=O)oc1ccccc12. The number of pyridine rings is 1. The van der Waals surface area contributed by atoms with Crippen molar-refractivity contribution in [3.05, 3.63) is 80.1 Å². The summed E-state index contributed by atoms with van der Waals surface area (Å²) in [5, 5.41) is 4.46. The number of hydrogen-bond donors (Lipinski definition) is 1. The number of aryl methyl sites for hydroxylation is 1. The van der Waals surface area contributed by atoms with E-state index in [0.717, 1.165) is 0 Å². The largest absolute Gasteiger partial charge is 0.422 e. The van der Waals surface area contributed by atoms with Gasteiger partial charge in [0.05, 0.1) is 21.5 Å². The third-order valence-electron chi connectivity index (χ3n) is 4.18. The van der Waals surface area contributed by atoms with Crippen LogP contribution in [0.15, 0.2) is 57.7 Å². The summed E-state index contributed by atoms with van der Waals surface area (Å²) in [4.78, 5) is 29.4. The molecule has 2 aromatic carbocycles. The number of carbonyl (C=O) groups excluding carboxylic acids is 1. The molecular formula is C20H12Cl2N2O3. The summed E-state index contributed by atoms with van der Waals surface area (Å²) in [5.41, 5.74) is 1.32. The molecule has 0 aliphatic carbocycles. The fourth-order valence-electron chi connectivity index (χ4n) is 2.95. The van der Waals surface area contributed by atoms with E-state index in [1.807, 2.05) is 12.1 Å². The first-order valence-corrected chi connectivity index (χ1v) is 8.79. The van der Waals surface area contributed by atoms with Gasteiger partial charge in [-0.25, -0.2) is 9.78 Å². The molecule has 0 bridgehead atoms. The lowest BCUT2D eigenvalue weighted by atomic mass is 10.1. The van der Waals surface area contributed by atoms with Crippen molar-refractivity contribution >= 4 is 56.8 Å². The number of anilines is 1. The van der Waals surface area contributed by atoms with Crippen molar-refractivity contribution in [1.82, 2.24) is 4.98 Å². The second kappa shape index (κ2) is 6.68. The van der Waals surface area contributed by atoms with E-state index in [1.165, 1.54) is 6.07 Å². The van der Waals surface area contributed by atoms with Crippen molar-refractivity contribution in [2.45, 2.75) is 6.92 Å². The Kier molecular flexibility index (Phi) is 4.34. The van der Waals surface area contributed by atoms with Crippen LogP contribution in [0.1, 0.15) is 15.9 Å². The third-order valence-corrected chi connectivity index (χ3v) is 4.74. The number of amides is 1. The fourth-order valence-corrected chi connectivity index (χ4v) is 3.32. The average molecular weight is 399 g/mol. The van der Waals surface area contributed by atoms with E-state index >= 15 is 0 Å². The van der Waals surface area contributed by atoms with Gasteiger partial charge in [0.1, 0.15) is 11.4 Å². The molecule has 0 fully saturated rings. The second-order valence-corrected chi connectivity index (χ2v) is 6.86. The zero-order valence-corrected chi connectivity index (χ0v) is 15.6. The summed E-state index contributed by atoms with van der Waals surface area (Å²) in [6.07, 6.45) is 0. The highest BCUT2D eigenvalue weighted by Gasteiger charge is 2.16. The number of aromatic nitrogens is 1. The number of nitrogens with zero attached hydrogens (tertiary/aromatic N) is 1. The van der Waals surface area contributed by atoms with Gasteiger partial charge in [0.25, 0.3) is 5.91 Å². The summed E-state index contributed by atoms with van der Waals surface area (Å²) in [6, 6.07) is 13.4. The third kappa shape index (κ3) is 3.16. The number of rotatable bonds is 2. The Balaban J connectivity index is 1.86. The van der Waals surface area contributed by atoms with Crippen LogP contribution in [0.4, 0.5) is 5.82 Å². The standard InChI is InChI=1S/C20H12Cl2N2O3/c1-10-8-16(24-19(25)13-9-11(21)6-7-14(13)22)23-18-12-4-2-3-5-15(12)27-20(26)17(10)18/h2-9H,1H3,(H,23,24,25). The molecule has 0 unspecified atom stereocenters. The van der Waals surface area contributed by atoms with E-state index in [4.69, 9.17) is 27.6 Å². The Morgan fingerprint density at radius 1 is 1.11 bits per heavy atom. The molecule has 0 saturated carbocycles. The van der Waals surface area contributed by atoms with Gasteiger partial charge in [-0.15, -0.1) is 0 Å². The lowest BCUT2D eigenvalue weighted by molar-refractivity contribution is 0.102. The average Bonchev–Trinajstić information content (AvgIpc) is 2.63. The topological polar surface area (TPSA) is 72.2 Å². The molecule has 0 saturated heterocycles. The maximum Gasteiger partial charge on any atom is 0.346 e. The van der Waals surface area contributed by atoms with E-state index in [-0.39, 0.29) is 10.6 Å². The fraction of sp³-hybridized carbons (Fsp3) is 0.0500. The number of nitrogens with one attached hydrogen (secondary N) is 1. The number of fused-ring (bicyclic) bond motifs is 3. The zero-order chi connectivity index (χ0) is 19.1. The van der Waals surface area contributed by atoms with Crippen LogP contribution in [-0.2, 0) is 0 Å². The lowest BCUT2D eigenvalue weighted by Crippen LogP contribution is -2.14. The van der Waals surface area contributed by atoms with Crippen LogP contribution < -0.4 is 10.9 Å². The van der Waals surface area contributed by atoms with E-state index in [9.17, 15) is 9.59 Å².